The van der Waals surface area contributed by atoms with Crippen LogP contribution in [0.2, 0.25) is 0 Å². The number of nitrogens with two attached hydrogens (primary N) is 1. The molecule has 3 rings (SSSR count). The summed E-state index contributed by atoms with van der Waals surface area (Å²) in [6.07, 6.45) is 0.275. The molecule has 0 aromatic heterocycles. The Bertz CT molecular complexity index is 985. The first kappa shape index (κ1) is 23.1. The van der Waals surface area contributed by atoms with Crippen LogP contribution in [0, 0.1) is 0 Å². The maximum absolute atomic E-state index is 13.0. The second-order valence-electron chi connectivity index (χ2n) is 8.68. The van der Waals surface area contributed by atoms with Gasteiger partial charge < -0.3 is 25.8 Å². The van der Waals surface area contributed by atoms with Gasteiger partial charge in [-0.2, -0.15) is 0 Å². The van der Waals surface area contributed by atoms with Gasteiger partial charge in [-0.1, -0.05) is 42.5 Å². The van der Waals surface area contributed by atoms with Crippen LogP contribution >= 0.6 is 0 Å². The molecule has 0 aliphatic carbocycles. The van der Waals surface area contributed by atoms with Crippen LogP contribution in [0.1, 0.15) is 54.7 Å². The van der Waals surface area contributed by atoms with E-state index in [1.54, 1.807) is 39.0 Å². The second-order valence-corrected chi connectivity index (χ2v) is 8.68. The van der Waals surface area contributed by atoms with E-state index in [2.05, 4.69) is 10.6 Å². The minimum atomic E-state index is -0.875. The van der Waals surface area contributed by atoms with Crippen molar-refractivity contribution in [2.45, 2.75) is 51.3 Å². The SMILES string of the molecule is CC(C)(C)OC(=O)NC1CCOc2c(C(=O)N[C@@H](Cc3ccccc3)C(N)=O)cccc21. The molecule has 8 heteroatoms. The van der Waals surface area contributed by atoms with Crippen molar-refractivity contribution in [2.24, 2.45) is 5.73 Å². The summed E-state index contributed by atoms with van der Waals surface area (Å²) in [7, 11) is 0. The number of carbonyl (C=O) groups is 3. The van der Waals surface area contributed by atoms with E-state index in [0.29, 0.717) is 24.3 Å². The molecule has 2 atom stereocenters. The van der Waals surface area contributed by atoms with Crippen LogP contribution in [0.5, 0.6) is 5.75 Å². The third-order valence-electron chi connectivity index (χ3n) is 4.94. The molecular weight excluding hydrogens is 410 g/mol. The van der Waals surface area contributed by atoms with Crippen molar-refractivity contribution in [3.63, 3.8) is 0 Å². The van der Waals surface area contributed by atoms with Crippen LogP contribution in [-0.2, 0) is 16.0 Å². The van der Waals surface area contributed by atoms with E-state index in [1.807, 2.05) is 30.3 Å². The first-order chi connectivity index (χ1) is 15.1. The number of hydrogen-bond acceptors (Lipinski definition) is 5. The predicted molar refractivity (Wildman–Crippen MR) is 119 cm³/mol. The average molecular weight is 440 g/mol. The predicted octanol–water partition coefficient (Wildman–Crippen LogP) is 2.86. The number of nitrogens with one attached hydrogen (secondary N) is 2. The standard InChI is InChI=1S/C24H29N3O5/c1-24(2,3)32-23(30)27-18-12-13-31-20-16(18)10-7-11-17(20)22(29)26-19(21(25)28)14-15-8-5-4-6-9-15/h4-11,18-19H,12-14H2,1-3H3,(H2,25,28)(H,26,29)(H,27,30)/t18?,19-/m0/s1. The van der Waals surface area contributed by atoms with Gasteiger partial charge in [-0.25, -0.2) is 4.79 Å². The van der Waals surface area contributed by atoms with Crippen LogP contribution in [0.25, 0.3) is 0 Å². The van der Waals surface area contributed by atoms with Crippen LogP contribution < -0.4 is 21.1 Å². The van der Waals surface area contributed by atoms with Gasteiger partial charge in [0, 0.05) is 18.4 Å². The minimum Gasteiger partial charge on any atom is -0.492 e. The quantitative estimate of drug-likeness (QED) is 0.639. The van der Waals surface area contributed by atoms with Crippen molar-refractivity contribution >= 4 is 17.9 Å². The number of fused-ring (bicyclic) bond motifs is 1. The highest BCUT2D eigenvalue weighted by Crippen LogP contribution is 2.35. The van der Waals surface area contributed by atoms with Crippen molar-refractivity contribution in [3.8, 4) is 5.75 Å². The molecule has 0 spiro atoms. The minimum absolute atomic E-state index is 0.275. The van der Waals surface area contributed by atoms with Crippen molar-refractivity contribution in [2.75, 3.05) is 6.61 Å². The number of primary amides is 1. The maximum Gasteiger partial charge on any atom is 0.408 e. The van der Waals surface area contributed by atoms with E-state index in [1.165, 1.54) is 0 Å². The number of alkyl carbamates (subject to hydrolysis) is 1. The largest absolute Gasteiger partial charge is 0.492 e. The van der Waals surface area contributed by atoms with Gasteiger partial charge in [0.15, 0.2) is 0 Å². The molecule has 1 aliphatic heterocycles. The molecule has 170 valence electrons. The Kier molecular flexibility index (Phi) is 7.02. The van der Waals surface area contributed by atoms with Gasteiger partial charge in [-0.05, 0) is 32.4 Å². The van der Waals surface area contributed by atoms with Crippen LogP contribution in [0.15, 0.2) is 48.5 Å². The van der Waals surface area contributed by atoms with E-state index < -0.39 is 29.6 Å². The maximum atomic E-state index is 13.0. The van der Waals surface area contributed by atoms with Gasteiger partial charge in [0.1, 0.15) is 17.4 Å². The smallest absolute Gasteiger partial charge is 0.408 e. The first-order valence-corrected chi connectivity index (χ1v) is 10.5. The molecule has 32 heavy (non-hydrogen) atoms. The molecule has 8 nitrogen and oxygen atoms in total. The lowest BCUT2D eigenvalue weighted by molar-refractivity contribution is -0.119. The van der Waals surface area contributed by atoms with Gasteiger partial charge in [-0.3, -0.25) is 9.59 Å². The molecule has 1 unspecified atom stereocenters. The Balaban J connectivity index is 1.78. The number of carbonyl (C=O) groups excluding carboxylic acids is 3. The number of ether oxygens (including phenoxy) is 2. The summed E-state index contributed by atoms with van der Waals surface area (Å²) in [5.74, 6) is -0.725. The fourth-order valence-electron chi connectivity index (χ4n) is 3.51. The normalized spacial score (nSPS) is 16.2. The Morgan fingerprint density at radius 3 is 2.50 bits per heavy atom. The summed E-state index contributed by atoms with van der Waals surface area (Å²) in [6.45, 7) is 5.69. The van der Waals surface area contributed by atoms with E-state index in [0.717, 1.165) is 5.56 Å². The number of para-hydroxylation sites is 1. The zero-order valence-electron chi connectivity index (χ0n) is 18.5. The molecule has 2 aromatic rings. The Hall–Kier alpha value is -3.55. The lowest BCUT2D eigenvalue weighted by atomic mass is 9.97. The highest BCUT2D eigenvalue weighted by Gasteiger charge is 2.29. The summed E-state index contributed by atoms with van der Waals surface area (Å²) in [5, 5.41) is 5.55. The Morgan fingerprint density at radius 2 is 1.84 bits per heavy atom. The number of amides is 3. The van der Waals surface area contributed by atoms with Crippen molar-refractivity contribution in [3.05, 3.63) is 65.2 Å². The summed E-state index contributed by atoms with van der Waals surface area (Å²) in [5.41, 5.74) is 6.74. The molecule has 1 aliphatic rings. The van der Waals surface area contributed by atoms with Crippen molar-refractivity contribution in [1.82, 2.24) is 10.6 Å². The third-order valence-corrected chi connectivity index (χ3v) is 4.94. The highest BCUT2D eigenvalue weighted by atomic mass is 16.6. The topological polar surface area (TPSA) is 120 Å². The Labute approximate surface area is 187 Å². The van der Waals surface area contributed by atoms with Gasteiger partial charge in [0.25, 0.3) is 5.91 Å². The second kappa shape index (κ2) is 9.72. The summed E-state index contributed by atoms with van der Waals surface area (Å²) in [6, 6.07) is 13.2. The molecule has 1 heterocycles. The first-order valence-electron chi connectivity index (χ1n) is 10.5. The molecule has 0 fully saturated rings. The summed E-state index contributed by atoms with van der Waals surface area (Å²) < 4.78 is 11.1. The van der Waals surface area contributed by atoms with Gasteiger partial charge in [-0.15, -0.1) is 0 Å². The Morgan fingerprint density at radius 1 is 1.12 bits per heavy atom. The monoisotopic (exact) mass is 439 g/mol. The molecule has 0 bridgehead atoms. The highest BCUT2D eigenvalue weighted by molar-refractivity contribution is 6.00. The zero-order valence-corrected chi connectivity index (χ0v) is 18.5. The third kappa shape index (κ3) is 6.00. The van der Waals surface area contributed by atoms with Crippen LogP contribution in [-0.4, -0.2) is 36.2 Å². The molecule has 3 amide bonds. The lowest BCUT2D eigenvalue weighted by Gasteiger charge is -2.29. The fourth-order valence-corrected chi connectivity index (χ4v) is 3.51. The van der Waals surface area contributed by atoms with Gasteiger partial charge >= 0.3 is 6.09 Å². The fraction of sp³-hybridized carbons (Fsp3) is 0.375. The molecule has 0 saturated carbocycles. The van der Waals surface area contributed by atoms with Crippen molar-refractivity contribution in [1.29, 1.82) is 0 Å². The molecule has 4 N–H and O–H groups in total. The van der Waals surface area contributed by atoms with E-state index in [9.17, 15) is 14.4 Å². The zero-order chi connectivity index (χ0) is 23.3. The molecular formula is C24H29N3O5. The number of hydrogen-bond donors (Lipinski definition) is 3. The molecule has 0 saturated heterocycles. The van der Waals surface area contributed by atoms with Gasteiger partial charge in [0.05, 0.1) is 18.2 Å². The lowest BCUT2D eigenvalue weighted by Crippen LogP contribution is -2.46. The van der Waals surface area contributed by atoms with Crippen LogP contribution in [0.3, 0.4) is 0 Å². The van der Waals surface area contributed by atoms with E-state index in [4.69, 9.17) is 15.2 Å². The molecule has 0 radical (unpaired) electrons. The summed E-state index contributed by atoms with van der Waals surface area (Å²) >= 11 is 0. The number of rotatable bonds is 6. The molecule has 2 aromatic carbocycles. The number of benzene rings is 2. The van der Waals surface area contributed by atoms with Crippen LogP contribution in [0.4, 0.5) is 4.79 Å². The average Bonchev–Trinajstić information content (AvgIpc) is 2.72. The van der Waals surface area contributed by atoms with Crippen molar-refractivity contribution < 1.29 is 23.9 Å². The van der Waals surface area contributed by atoms with E-state index in [-0.39, 0.29) is 18.0 Å². The van der Waals surface area contributed by atoms with Gasteiger partial charge in [0.2, 0.25) is 5.91 Å². The summed E-state index contributed by atoms with van der Waals surface area (Å²) in [4.78, 5) is 37.2. The van der Waals surface area contributed by atoms with E-state index >= 15 is 0 Å².